The lowest BCUT2D eigenvalue weighted by Gasteiger charge is -2.25. The van der Waals surface area contributed by atoms with Gasteiger partial charge in [0, 0.05) is 0 Å². The average molecular weight is 353 g/mol. The Morgan fingerprint density at radius 2 is 1.77 bits per heavy atom. The first-order chi connectivity index (χ1) is 12.6. The number of para-hydroxylation sites is 2. The van der Waals surface area contributed by atoms with Crippen molar-refractivity contribution >= 4 is 17.5 Å². The van der Waals surface area contributed by atoms with E-state index in [1.165, 1.54) is 0 Å². The highest BCUT2D eigenvalue weighted by atomic mass is 16.6. The predicted octanol–water partition coefficient (Wildman–Crippen LogP) is 1.48. The van der Waals surface area contributed by atoms with Crippen LogP contribution in [0.25, 0.3) is 0 Å². The number of hydrogen-bond donors (Lipinski definition) is 2. The number of benzene rings is 2. The van der Waals surface area contributed by atoms with Gasteiger partial charge in [0.1, 0.15) is 6.61 Å². The first kappa shape index (κ1) is 17.5. The lowest BCUT2D eigenvalue weighted by Crippen LogP contribution is -2.46. The normalized spacial score (nSPS) is 15.9. The molecule has 0 saturated carbocycles. The second-order valence-electron chi connectivity index (χ2n) is 5.68. The van der Waals surface area contributed by atoms with Gasteiger partial charge in [0.2, 0.25) is 6.10 Å². The zero-order chi connectivity index (χ0) is 18.4. The van der Waals surface area contributed by atoms with Gasteiger partial charge in [0.15, 0.2) is 11.5 Å². The molecular weight excluding hydrogens is 334 g/mol. The molecule has 0 aliphatic carbocycles. The molecule has 2 amide bonds. The first-order valence-electron chi connectivity index (χ1n) is 8.18. The monoisotopic (exact) mass is 353 g/mol. The Morgan fingerprint density at radius 3 is 2.54 bits per heavy atom. The number of ether oxygens (including phenoxy) is 2. The number of fused-ring (bicyclic) bond motifs is 1. The van der Waals surface area contributed by atoms with Gasteiger partial charge in [0.05, 0.1) is 12.3 Å². The molecule has 0 aromatic heterocycles. The molecule has 2 aromatic rings. The molecule has 2 aromatic carbocycles. The SMILES string of the molecule is C/C(=N/NC(=O)CNC(=O)[C@H]1COc2ccccc2O1)c1ccccc1. The van der Waals surface area contributed by atoms with Crippen molar-refractivity contribution in [3.63, 3.8) is 0 Å². The molecule has 0 unspecified atom stereocenters. The van der Waals surface area contributed by atoms with E-state index in [4.69, 9.17) is 9.47 Å². The molecular formula is C19H19N3O4. The number of nitrogens with zero attached hydrogens (tertiary/aromatic N) is 1. The van der Waals surface area contributed by atoms with Gasteiger partial charge in [-0.15, -0.1) is 0 Å². The molecule has 0 fully saturated rings. The second-order valence-corrected chi connectivity index (χ2v) is 5.68. The molecule has 7 nitrogen and oxygen atoms in total. The molecule has 1 atom stereocenters. The fraction of sp³-hybridized carbons (Fsp3) is 0.211. The van der Waals surface area contributed by atoms with Crippen molar-refractivity contribution in [2.24, 2.45) is 5.10 Å². The lowest BCUT2D eigenvalue weighted by molar-refractivity contribution is -0.132. The summed E-state index contributed by atoms with van der Waals surface area (Å²) in [6, 6.07) is 16.6. The maximum absolute atomic E-state index is 12.1. The number of hydrogen-bond acceptors (Lipinski definition) is 5. The van der Waals surface area contributed by atoms with Crippen LogP contribution in [0.4, 0.5) is 0 Å². The Hall–Kier alpha value is -3.35. The highest BCUT2D eigenvalue weighted by molar-refractivity contribution is 5.99. The van der Waals surface area contributed by atoms with Gasteiger partial charge >= 0.3 is 0 Å². The zero-order valence-corrected chi connectivity index (χ0v) is 14.3. The van der Waals surface area contributed by atoms with Crippen LogP contribution in [-0.2, 0) is 9.59 Å². The fourth-order valence-electron chi connectivity index (χ4n) is 2.36. The van der Waals surface area contributed by atoms with Crippen molar-refractivity contribution in [3.05, 3.63) is 60.2 Å². The Bertz CT molecular complexity index is 821. The van der Waals surface area contributed by atoms with Gasteiger partial charge in [-0.25, -0.2) is 5.43 Å². The van der Waals surface area contributed by atoms with Gasteiger partial charge in [0.25, 0.3) is 11.8 Å². The van der Waals surface area contributed by atoms with Gasteiger partial charge < -0.3 is 14.8 Å². The Labute approximate surface area is 151 Å². The average Bonchev–Trinajstić information content (AvgIpc) is 2.70. The van der Waals surface area contributed by atoms with E-state index in [2.05, 4.69) is 15.8 Å². The molecule has 0 radical (unpaired) electrons. The second kappa shape index (κ2) is 8.15. The van der Waals surface area contributed by atoms with Crippen LogP contribution in [0.2, 0.25) is 0 Å². The minimum Gasteiger partial charge on any atom is -0.485 e. The van der Waals surface area contributed by atoms with Gasteiger partial charge in [-0.3, -0.25) is 9.59 Å². The van der Waals surface area contributed by atoms with Gasteiger partial charge in [-0.05, 0) is 24.6 Å². The van der Waals surface area contributed by atoms with Crippen LogP contribution in [0.3, 0.4) is 0 Å². The zero-order valence-electron chi connectivity index (χ0n) is 14.3. The van der Waals surface area contributed by atoms with Crippen molar-refractivity contribution < 1.29 is 19.1 Å². The molecule has 1 aliphatic heterocycles. The summed E-state index contributed by atoms with van der Waals surface area (Å²) in [5, 5.41) is 6.55. The Balaban J connectivity index is 1.47. The third-order valence-electron chi connectivity index (χ3n) is 3.76. The number of carbonyl (C=O) groups excluding carboxylic acids is 2. The van der Waals surface area contributed by atoms with E-state index in [-0.39, 0.29) is 13.2 Å². The molecule has 134 valence electrons. The number of nitrogens with one attached hydrogen (secondary N) is 2. The van der Waals surface area contributed by atoms with Crippen molar-refractivity contribution in [2.45, 2.75) is 13.0 Å². The summed E-state index contributed by atoms with van der Waals surface area (Å²) in [5.74, 6) is 0.260. The molecule has 1 aliphatic rings. The van der Waals surface area contributed by atoms with Crippen LogP contribution in [-0.4, -0.2) is 36.8 Å². The minimum absolute atomic E-state index is 0.0930. The summed E-state index contributed by atoms with van der Waals surface area (Å²) in [5.41, 5.74) is 4.00. The Morgan fingerprint density at radius 1 is 1.08 bits per heavy atom. The van der Waals surface area contributed by atoms with Crippen molar-refractivity contribution in [3.8, 4) is 11.5 Å². The summed E-state index contributed by atoms with van der Waals surface area (Å²) in [4.78, 5) is 24.0. The summed E-state index contributed by atoms with van der Waals surface area (Å²) in [7, 11) is 0. The maximum atomic E-state index is 12.1. The van der Waals surface area contributed by atoms with Gasteiger partial charge in [-0.2, -0.15) is 5.10 Å². The summed E-state index contributed by atoms with van der Waals surface area (Å²) in [6.45, 7) is 1.68. The highest BCUT2D eigenvalue weighted by Gasteiger charge is 2.27. The van der Waals surface area contributed by atoms with E-state index in [1.807, 2.05) is 36.4 Å². The van der Waals surface area contributed by atoms with Crippen molar-refractivity contribution in [1.82, 2.24) is 10.7 Å². The third-order valence-corrected chi connectivity index (χ3v) is 3.76. The smallest absolute Gasteiger partial charge is 0.265 e. The largest absolute Gasteiger partial charge is 0.485 e. The van der Waals surface area contributed by atoms with E-state index in [1.54, 1.807) is 25.1 Å². The summed E-state index contributed by atoms with van der Waals surface area (Å²) < 4.78 is 11.1. The molecule has 1 heterocycles. The molecule has 0 spiro atoms. The predicted molar refractivity (Wildman–Crippen MR) is 96.2 cm³/mol. The number of rotatable bonds is 5. The molecule has 26 heavy (non-hydrogen) atoms. The van der Waals surface area contributed by atoms with E-state index < -0.39 is 17.9 Å². The van der Waals surface area contributed by atoms with Crippen LogP contribution < -0.4 is 20.2 Å². The van der Waals surface area contributed by atoms with Crippen LogP contribution >= 0.6 is 0 Å². The lowest BCUT2D eigenvalue weighted by atomic mass is 10.1. The van der Waals surface area contributed by atoms with Crippen LogP contribution in [0, 0.1) is 0 Å². The summed E-state index contributed by atoms with van der Waals surface area (Å²) >= 11 is 0. The van der Waals surface area contributed by atoms with E-state index in [0.29, 0.717) is 17.2 Å². The van der Waals surface area contributed by atoms with E-state index in [0.717, 1.165) is 5.56 Å². The number of hydrazone groups is 1. The van der Waals surface area contributed by atoms with Crippen LogP contribution in [0.15, 0.2) is 59.7 Å². The molecule has 7 heteroatoms. The van der Waals surface area contributed by atoms with Crippen LogP contribution in [0.5, 0.6) is 11.5 Å². The quantitative estimate of drug-likeness (QED) is 0.629. The molecule has 3 rings (SSSR count). The van der Waals surface area contributed by atoms with E-state index >= 15 is 0 Å². The van der Waals surface area contributed by atoms with Crippen molar-refractivity contribution in [2.75, 3.05) is 13.2 Å². The highest BCUT2D eigenvalue weighted by Crippen LogP contribution is 2.30. The molecule has 0 bridgehead atoms. The number of carbonyl (C=O) groups is 2. The topological polar surface area (TPSA) is 89.0 Å². The maximum Gasteiger partial charge on any atom is 0.265 e. The molecule has 2 N–H and O–H groups in total. The fourth-order valence-corrected chi connectivity index (χ4v) is 2.36. The third kappa shape index (κ3) is 4.38. The minimum atomic E-state index is -0.799. The number of amides is 2. The standard InChI is InChI=1S/C19H19N3O4/c1-13(14-7-3-2-4-8-14)21-22-18(23)11-20-19(24)17-12-25-15-9-5-6-10-16(15)26-17/h2-10,17H,11-12H2,1H3,(H,20,24)(H,22,23)/b21-13-/t17-/m1/s1. The van der Waals surface area contributed by atoms with Crippen LogP contribution in [0.1, 0.15) is 12.5 Å². The molecule has 0 saturated heterocycles. The Kier molecular flexibility index (Phi) is 5.48. The summed E-state index contributed by atoms with van der Waals surface area (Å²) in [6.07, 6.45) is -0.799. The van der Waals surface area contributed by atoms with Crippen molar-refractivity contribution in [1.29, 1.82) is 0 Å². The van der Waals surface area contributed by atoms with Gasteiger partial charge in [-0.1, -0.05) is 42.5 Å². The first-order valence-corrected chi connectivity index (χ1v) is 8.18. The van der Waals surface area contributed by atoms with E-state index in [9.17, 15) is 9.59 Å².